The number of ether oxygens (including phenoxy) is 2. The molecule has 1 saturated heterocycles. The first kappa shape index (κ1) is 28.4. The first-order chi connectivity index (χ1) is 18.4. The SMILES string of the molecule is CC(C)(C)[Si](C)(C)OC[C@H]1O[C@@H](n2ccc(=O)n(C(=O)c3ccccc3)c2=O)C[C@@H]1OC(=O)c1ccccc1. The highest BCUT2D eigenvalue weighted by molar-refractivity contribution is 6.74. The third-order valence-electron chi connectivity index (χ3n) is 7.41. The Morgan fingerprint density at radius 1 is 0.949 bits per heavy atom. The highest BCUT2D eigenvalue weighted by atomic mass is 28.4. The van der Waals surface area contributed by atoms with Crippen molar-refractivity contribution < 1.29 is 23.5 Å². The van der Waals surface area contributed by atoms with Gasteiger partial charge in [-0.2, -0.15) is 4.57 Å². The third kappa shape index (κ3) is 6.19. The molecule has 206 valence electrons. The number of rotatable bonds is 7. The monoisotopic (exact) mass is 550 g/mol. The molecule has 1 aliphatic heterocycles. The van der Waals surface area contributed by atoms with Gasteiger partial charge in [0.2, 0.25) is 0 Å². The van der Waals surface area contributed by atoms with E-state index in [4.69, 9.17) is 13.9 Å². The number of hydrogen-bond donors (Lipinski definition) is 0. The molecule has 3 aromatic rings. The average Bonchev–Trinajstić information content (AvgIpc) is 3.30. The molecule has 0 aliphatic carbocycles. The molecule has 1 aliphatic rings. The highest BCUT2D eigenvalue weighted by Gasteiger charge is 2.43. The number of aromatic nitrogens is 2. The minimum absolute atomic E-state index is 0.0501. The summed E-state index contributed by atoms with van der Waals surface area (Å²) in [5, 5.41) is -0.0501. The van der Waals surface area contributed by atoms with Gasteiger partial charge in [-0.25, -0.2) is 9.59 Å². The zero-order valence-electron chi connectivity index (χ0n) is 22.8. The van der Waals surface area contributed by atoms with E-state index in [2.05, 4.69) is 33.9 Å². The minimum atomic E-state index is -2.17. The zero-order chi connectivity index (χ0) is 28.4. The summed E-state index contributed by atoms with van der Waals surface area (Å²) in [7, 11) is -2.17. The Kier molecular flexibility index (Phi) is 8.19. The van der Waals surface area contributed by atoms with Gasteiger partial charge in [0.15, 0.2) is 8.32 Å². The van der Waals surface area contributed by atoms with E-state index in [1.807, 2.05) is 0 Å². The number of nitrogens with zero attached hydrogens (tertiary/aromatic N) is 2. The number of hydrogen-bond acceptors (Lipinski definition) is 7. The summed E-state index contributed by atoms with van der Waals surface area (Å²) in [6.07, 6.45) is -0.813. The summed E-state index contributed by atoms with van der Waals surface area (Å²) in [4.78, 5) is 51.9. The lowest BCUT2D eigenvalue weighted by atomic mass is 10.1. The molecule has 39 heavy (non-hydrogen) atoms. The van der Waals surface area contributed by atoms with E-state index in [9.17, 15) is 19.2 Å². The number of carbonyl (C=O) groups excluding carboxylic acids is 2. The Hall–Kier alpha value is -3.60. The Morgan fingerprint density at radius 3 is 2.13 bits per heavy atom. The quantitative estimate of drug-likeness (QED) is 0.320. The maximum absolute atomic E-state index is 13.4. The van der Waals surface area contributed by atoms with Crippen molar-refractivity contribution in [1.29, 1.82) is 0 Å². The van der Waals surface area contributed by atoms with Gasteiger partial charge in [-0.3, -0.25) is 14.2 Å². The molecule has 2 aromatic carbocycles. The second kappa shape index (κ2) is 11.2. The lowest BCUT2D eigenvalue weighted by molar-refractivity contribution is -0.0500. The van der Waals surface area contributed by atoms with Crippen LogP contribution in [0.1, 0.15) is 54.1 Å². The van der Waals surface area contributed by atoms with Gasteiger partial charge >= 0.3 is 11.7 Å². The summed E-state index contributed by atoms with van der Waals surface area (Å²) in [5.74, 6) is -1.25. The lowest BCUT2D eigenvalue weighted by Crippen LogP contribution is -2.45. The summed E-state index contributed by atoms with van der Waals surface area (Å²) >= 11 is 0. The van der Waals surface area contributed by atoms with Crippen LogP contribution >= 0.6 is 0 Å². The van der Waals surface area contributed by atoms with E-state index in [1.54, 1.807) is 48.5 Å². The second-order valence-electron chi connectivity index (χ2n) is 11.1. The van der Waals surface area contributed by atoms with E-state index in [0.717, 1.165) is 6.07 Å². The van der Waals surface area contributed by atoms with Crippen LogP contribution in [0.3, 0.4) is 0 Å². The fraction of sp³-hybridized carbons (Fsp3) is 0.379. The van der Waals surface area contributed by atoms with Crippen LogP contribution in [-0.4, -0.2) is 48.1 Å². The molecular formula is C29H34N2O7Si. The molecular weight excluding hydrogens is 516 g/mol. The largest absolute Gasteiger partial charge is 0.456 e. The van der Waals surface area contributed by atoms with Crippen molar-refractivity contribution in [3.63, 3.8) is 0 Å². The summed E-state index contributed by atoms with van der Waals surface area (Å²) < 4.78 is 20.2. The molecule has 0 N–H and O–H groups in total. The van der Waals surface area contributed by atoms with Crippen molar-refractivity contribution in [3.05, 3.63) is 105 Å². The van der Waals surface area contributed by atoms with Gasteiger partial charge in [0.05, 0.1) is 12.2 Å². The molecule has 9 nitrogen and oxygen atoms in total. The molecule has 0 saturated carbocycles. The van der Waals surface area contributed by atoms with Crippen molar-refractivity contribution in [2.75, 3.05) is 6.61 Å². The van der Waals surface area contributed by atoms with Gasteiger partial charge in [0.25, 0.3) is 11.5 Å². The van der Waals surface area contributed by atoms with E-state index < -0.39 is 49.9 Å². The second-order valence-corrected chi connectivity index (χ2v) is 15.9. The van der Waals surface area contributed by atoms with Crippen molar-refractivity contribution in [2.45, 2.75) is 63.8 Å². The van der Waals surface area contributed by atoms with E-state index in [-0.39, 0.29) is 23.6 Å². The Labute approximate surface area is 228 Å². The van der Waals surface area contributed by atoms with Crippen molar-refractivity contribution in [2.24, 2.45) is 0 Å². The molecule has 2 heterocycles. The van der Waals surface area contributed by atoms with Crippen molar-refractivity contribution >= 4 is 20.2 Å². The van der Waals surface area contributed by atoms with Crippen LogP contribution in [0, 0.1) is 0 Å². The molecule has 0 bridgehead atoms. The van der Waals surface area contributed by atoms with Gasteiger partial charge in [-0.1, -0.05) is 57.2 Å². The Bertz CT molecular complexity index is 1440. The van der Waals surface area contributed by atoms with Crippen LogP contribution in [0.5, 0.6) is 0 Å². The van der Waals surface area contributed by atoms with Crippen LogP contribution in [0.15, 0.2) is 82.5 Å². The smallest absolute Gasteiger partial charge is 0.340 e. The minimum Gasteiger partial charge on any atom is -0.456 e. The molecule has 0 unspecified atom stereocenters. The lowest BCUT2D eigenvalue weighted by Gasteiger charge is -2.37. The topological polar surface area (TPSA) is 106 Å². The van der Waals surface area contributed by atoms with Crippen molar-refractivity contribution in [3.8, 4) is 0 Å². The number of carbonyl (C=O) groups is 2. The molecule has 0 radical (unpaired) electrons. The summed E-state index contributed by atoms with van der Waals surface area (Å²) in [6.45, 7) is 10.8. The van der Waals surface area contributed by atoms with Gasteiger partial charge in [0.1, 0.15) is 18.4 Å². The van der Waals surface area contributed by atoms with Gasteiger partial charge < -0.3 is 13.9 Å². The van der Waals surface area contributed by atoms with Crippen LogP contribution in [0.25, 0.3) is 0 Å². The molecule has 0 amide bonds. The fourth-order valence-corrected chi connectivity index (χ4v) is 5.05. The van der Waals surface area contributed by atoms with Gasteiger partial charge in [0, 0.05) is 24.2 Å². The average molecular weight is 551 g/mol. The maximum atomic E-state index is 13.4. The predicted molar refractivity (Wildman–Crippen MR) is 148 cm³/mol. The Balaban J connectivity index is 1.63. The van der Waals surface area contributed by atoms with Crippen LogP contribution in [0.2, 0.25) is 18.1 Å². The molecule has 10 heteroatoms. The standard InChI is InChI=1S/C29H34N2O7Si/c1-29(2,3)39(4,5)36-19-23-22(38-27(34)21-14-10-7-11-15-21)18-25(37-23)30-17-16-24(32)31(28(30)35)26(33)20-12-8-6-9-13-20/h6-17,22-23,25H,18-19H2,1-5H3/t22-,23+,25+/m0/s1. The van der Waals surface area contributed by atoms with Crippen LogP contribution in [-0.2, 0) is 13.9 Å². The van der Waals surface area contributed by atoms with Crippen LogP contribution in [0.4, 0.5) is 0 Å². The zero-order valence-corrected chi connectivity index (χ0v) is 23.8. The molecule has 0 spiro atoms. The Morgan fingerprint density at radius 2 is 1.54 bits per heavy atom. The molecule has 1 aromatic heterocycles. The summed E-state index contributed by atoms with van der Waals surface area (Å²) in [5.41, 5.74) is -0.977. The maximum Gasteiger partial charge on any atom is 0.340 e. The third-order valence-corrected chi connectivity index (χ3v) is 11.9. The predicted octanol–water partition coefficient (Wildman–Crippen LogP) is 4.23. The van der Waals surface area contributed by atoms with E-state index in [0.29, 0.717) is 10.1 Å². The van der Waals surface area contributed by atoms with Gasteiger partial charge in [-0.15, -0.1) is 0 Å². The number of esters is 1. The first-order valence-corrected chi connectivity index (χ1v) is 15.8. The van der Waals surface area contributed by atoms with E-state index in [1.165, 1.54) is 22.9 Å². The molecule has 4 rings (SSSR count). The van der Waals surface area contributed by atoms with Crippen molar-refractivity contribution in [1.82, 2.24) is 9.13 Å². The summed E-state index contributed by atoms with van der Waals surface area (Å²) in [6, 6.07) is 17.9. The van der Waals surface area contributed by atoms with Gasteiger partial charge in [-0.05, 0) is 42.4 Å². The normalized spacial score (nSPS) is 19.6. The fourth-order valence-electron chi connectivity index (χ4n) is 4.04. The number of benzene rings is 2. The van der Waals surface area contributed by atoms with E-state index >= 15 is 0 Å². The van der Waals surface area contributed by atoms with Crippen LogP contribution < -0.4 is 11.2 Å². The highest BCUT2D eigenvalue weighted by Crippen LogP contribution is 2.38. The molecule has 1 fully saturated rings. The molecule has 3 atom stereocenters. The first-order valence-electron chi connectivity index (χ1n) is 12.9.